The van der Waals surface area contributed by atoms with E-state index in [0.717, 1.165) is 0 Å². The summed E-state index contributed by atoms with van der Waals surface area (Å²) in [7, 11) is 0. The van der Waals surface area contributed by atoms with Crippen molar-refractivity contribution in [2.24, 2.45) is 11.7 Å². The summed E-state index contributed by atoms with van der Waals surface area (Å²) in [5.74, 6) is -0.630. The van der Waals surface area contributed by atoms with Crippen molar-refractivity contribution in [1.29, 1.82) is 0 Å². The maximum Gasteiger partial charge on any atom is 0.227 e. The monoisotopic (exact) mass is 343 g/mol. The fraction of sp³-hybridized carbons (Fsp3) is 0.500. The Balaban J connectivity index is 0.00000264. The summed E-state index contributed by atoms with van der Waals surface area (Å²) in [5.41, 5.74) is 5.91. The minimum absolute atomic E-state index is 0. The third kappa shape index (κ3) is 4.91. The van der Waals surface area contributed by atoms with Crippen molar-refractivity contribution < 1.29 is 14.0 Å². The maximum absolute atomic E-state index is 13.6. The number of nitrogens with two attached hydrogens (primary N) is 1. The van der Waals surface area contributed by atoms with Gasteiger partial charge in [-0.1, -0.05) is 25.1 Å². The number of benzene rings is 1. The van der Waals surface area contributed by atoms with E-state index in [2.05, 4.69) is 0 Å². The van der Waals surface area contributed by atoms with Crippen molar-refractivity contribution in [2.75, 3.05) is 32.7 Å². The van der Waals surface area contributed by atoms with Crippen molar-refractivity contribution in [3.63, 3.8) is 0 Å². The number of hydrogen-bond acceptors (Lipinski definition) is 3. The molecule has 1 unspecified atom stereocenters. The van der Waals surface area contributed by atoms with E-state index in [4.69, 9.17) is 5.73 Å². The number of carbonyl (C=O) groups excluding carboxylic acids is 2. The summed E-state index contributed by atoms with van der Waals surface area (Å²) in [5, 5.41) is 0. The maximum atomic E-state index is 13.6. The van der Waals surface area contributed by atoms with E-state index < -0.39 is 0 Å². The lowest BCUT2D eigenvalue weighted by Crippen LogP contribution is -2.52. The zero-order valence-corrected chi connectivity index (χ0v) is 14.0. The number of halogens is 2. The fourth-order valence-electron chi connectivity index (χ4n) is 2.51. The number of hydrogen-bond donors (Lipinski definition) is 1. The topological polar surface area (TPSA) is 66.6 Å². The SMILES string of the molecule is CC(CN)C(=O)N1CCN(C(=O)Cc2ccccc2F)CC1.Cl. The van der Waals surface area contributed by atoms with Crippen LogP contribution in [0.15, 0.2) is 24.3 Å². The lowest BCUT2D eigenvalue weighted by molar-refractivity contribution is -0.141. The van der Waals surface area contributed by atoms with E-state index in [9.17, 15) is 14.0 Å². The summed E-state index contributed by atoms with van der Waals surface area (Å²) in [4.78, 5) is 27.7. The Kier molecular flexibility index (Phi) is 7.45. The molecule has 2 rings (SSSR count). The van der Waals surface area contributed by atoms with Crippen molar-refractivity contribution in [2.45, 2.75) is 13.3 Å². The van der Waals surface area contributed by atoms with Crippen molar-refractivity contribution in [3.05, 3.63) is 35.6 Å². The van der Waals surface area contributed by atoms with E-state index in [1.807, 2.05) is 0 Å². The molecule has 0 saturated carbocycles. The molecule has 0 spiro atoms. The van der Waals surface area contributed by atoms with Crippen LogP contribution in [0.25, 0.3) is 0 Å². The van der Waals surface area contributed by atoms with Crippen LogP contribution < -0.4 is 5.73 Å². The first-order chi connectivity index (χ1) is 10.5. The average molecular weight is 344 g/mol. The van der Waals surface area contributed by atoms with Crippen LogP contribution in [0.4, 0.5) is 4.39 Å². The molecule has 1 aromatic rings. The fourth-order valence-corrected chi connectivity index (χ4v) is 2.51. The minimum atomic E-state index is -0.360. The molecule has 0 aromatic heterocycles. The molecule has 0 aliphatic carbocycles. The van der Waals surface area contributed by atoms with Gasteiger partial charge in [-0.2, -0.15) is 0 Å². The highest BCUT2D eigenvalue weighted by Crippen LogP contribution is 2.11. The second kappa shape index (κ2) is 8.84. The Morgan fingerprint density at radius 3 is 2.30 bits per heavy atom. The van der Waals surface area contributed by atoms with Gasteiger partial charge in [0, 0.05) is 38.6 Å². The van der Waals surface area contributed by atoms with Crippen LogP contribution in [-0.4, -0.2) is 54.3 Å². The van der Waals surface area contributed by atoms with Crippen LogP contribution in [-0.2, 0) is 16.0 Å². The van der Waals surface area contributed by atoms with Gasteiger partial charge in [0.15, 0.2) is 0 Å². The molecule has 7 heteroatoms. The van der Waals surface area contributed by atoms with E-state index in [0.29, 0.717) is 38.3 Å². The second-order valence-electron chi connectivity index (χ2n) is 5.61. The first kappa shape index (κ1) is 19.4. The third-order valence-electron chi connectivity index (χ3n) is 4.02. The molecule has 0 radical (unpaired) electrons. The Morgan fingerprint density at radius 1 is 1.17 bits per heavy atom. The molecule has 23 heavy (non-hydrogen) atoms. The average Bonchev–Trinajstić information content (AvgIpc) is 2.55. The van der Waals surface area contributed by atoms with Crippen molar-refractivity contribution in [1.82, 2.24) is 9.80 Å². The zero-order valence-electron chi connectivity index (χ0n) is 13.2. The lowest BCUT2D eigenvalue weighted by atomic mass is 10.1. The van der Waals surface area contributed by atoms with Gasteiger partial charge in [0.25, 0.3) is 0 Å². The van der Waals surface area contributed by atoms with Gasteiger partial charge in [-0.15, -0.1) is 12.4 Å². The van der Waals surface area contributed by atoms with E-state index in [1.54, 1.807) is 34.9 Å². The highest BCUT2D eigenvalue weighted by molar-refractivity contribution is 5.85. The summed E-state index contributed by atoms with van der Waals surface area (Å²) < 4.78 is 13.6. The molecule has 0 bridgehead atoms. The largest absolute Gasteiger partial charge is 0.339 e. The molecule has 1 aromatic carbocycles. The molecule has 1 fully saturated rings. The molecule has 128 valence electrons. The molecule has 1 saturated heterocycles. The van der Waals surface area contributed by atoms with Crippen LogP contribution in [0.3, 0.4) is 0 Å². The van der Waals surface area contributed by atoms with Gasteiger partial charge in [0.05, 0.1) is 6.42 Å². The van der Waals surface area contributed by atoms with Crippen LogP contribution in [0.2, 0.25) is 0 Å². The zero-order chi connectivity index (χ0) is 16.1. The van der Waals surface area contributed by atoms with Gasteiger partial charge in [0.2, 0.25) is 11.8 Å². The molecule has 1 atom stereocenters. The van der Waals surface area contributed by atoms with Gasteiger partial charge >= 0.3 is 0 Å². The van der Waals surface area contributed by atoms with Crippen LogP contribution in [0.1, 0.15) is 12.5 Å². The lowest BCUT2D eigenvalue weighted by Gasteiger charge is -2.36. The number of carbonyl (C=O) groups is 2. The minimum Gasteiger partial charge on any atom is -0.339 e. The Labute approximate surface area is 142 Å². The molecule has 1 aliphatic rings. The Hall–Kier alpha value is -1.66. The van der Waals surface area contributed by atoms with Gasteiger partial charge < -0.3 is 15.5 Å². The molecule has 5 nitrogen and oxygen atoms in total. The summed E-state index contributed by atoms with van der Waals surface area (Å²) in [6, 6.07) is 6.30. The normalized spacial score (nSPS) is 15.8. The molecule has 1 heterocycles. The second-order valence-corrected chi connectivity index (χ2v) is 5.61. The highest BCUT2D eigenvalue weighted by atomic mass is 35.5. The number of piperazine rings is 1. The summed E-state index contributed by atoms with van der Waals surface area (Å²) >= 11 is 0. The first-order valence-electron chi connectivity index (χ1n) is 7.53. The first-order valence-corrected chi connectivity index (χ1v) is 7.53. The van der Waals surface area contributed by atoms with E-state index in [-0.39, 0.29) is 42.4 Å². The van der Waals surface area contributed by atoms with Crippen molar-refractivity contribution >= 4 is 24.2 Å². The molecule has 2 amide bonds. The molecular formula is C16H23ClFN3O2. The Bertz CT molecular complexity index is 548. The van der Waals surface area contributed by atoms with Gasteiger partial charge in [0.1, 0.15) is 5.82 Å². The highest BCUT2D eigenvalue weighted by Gasteiger charge is 2.26. The predicted molar refractivity (Wildman–Crippen MR) is 88.7 cm³/mol. The van der Waals surface area contributed by atoms with E-state index in [1.165, 1.54) is 6.07 Å². The van der Waals surface area contributed by atoms with Crippen LogP contribution in [0, 0.1) is 11.7 Å². The van der Waals surface area contributed by atoms with Crippen LogP contribution >= 0.6 is 12.4 Å². The standard InChI is InChI=1S/C16H22FN3O2.ClH/c1-12(11-18)16(22)20-8-6-19(7-9-20)15(21)10-13-4-2-3-5-14(13)17;/h2-5,12H,6-11,18H2,1H3;1H. The van der Waals surface area contributed by atoms with Gasteiger partial charge in [-0.3, -0.25) is 9.59 Å². The van der Waals surface area contributed by atoms with Crippen molar-refractivity contribution in [3.8, 4) is 0 Å². The number of rotatable bonds is 4. The smallest absolute Gasteiger partial charge is 0.227 e. The van der Waals surface area contributed by atoms with Gasteiger partial charge in [-0.05, 0) is 11.6 Å². The number of nitrogens with zero attached hydrogens (tertiary/aromatic N) is 2. The molecule has 1 aliphatic heterocycles. The Morgan fingerprint density at radius 2 is 1.74 bits per heavy atom. The summed E-state index contributed by atoms with van der Waals surface area (Å²) in [6.07, 6.45) is 0.0554. The van der Waals surface area contributed by atoms with Crippen LogP contribution in [0.5, 0.6) is 0 Å². The van der Waals surface area contributed by atoms with E-state index >= 15 is 0 Å². The predicted octanol–water partition coefficient (Wildman–Crippen LogP) is 1.06. The quantitative estimate of drug-likeness (QED) is 0.888. The third-order valence-corrected chi connectivity index (χ3v) is 4.02. The van der Waals surface area contributed by atoms with Gasteiger partial charge in [-0.25, -0.2) is 4.39 Å². The molecular weight excluding hydrogens is 321 g/mol. The number of amides is 2. The summed E-state index contributed by atoms with van der Waals surface area (Å²) in [6.45, 7) is 4.11. The molecule has 2 N–H and O–H groups in total.